The third kappa shape index (κ3) is 3.34. The van der Waals surface area contributed by atoms with Crippen molar-refractivity contribution >= 4 is 5.91 Å². The fourth-order valence-electron chi connectivity index (χ4n) is 3.05. The molecule has 1 aliphatic carbocycles. The quantitative estimate of drug-likeness (QED) is 0.832. The second-order valence-electron chi connectivity index (χ2n) is 5.87. The van der Waals surface area contributed by atoms with E-state index in [-0.39, 0.29) is 24.2 Å². The maximum Gasteiger partial charge on any atom is 0.346 e. The Hall–Kier alpha value is -1.63. The Morgan fingerprint density at radius 2 is 2.05 bits per heavy atom. The minimum atomic E-state index is -0.322. The van der Waals surface area contributed by atoms with Gasteiger partial charge in [0.05, 0.1) is 6.10 Å². The predicted molar refractivity (Wildman–Crippen MR) is 75.5 cm³/mol. The van der Waals surface area contributed by atoms with Crippen molar-refractivity contribution in [1.29, 1.82) is 0 Å². The summed E-state index contributed by atoms with van der Waals surface area (Å²) >= 11 is 0. The van der Waals surface area contributed by atoms with E-state index in [1.165, 1.54) is 4.68 Å². The number of rotatable bonds is 4. The second-order valence-corrected chi connectivity index (χ2v) is 5.87. The Kier molecular flexibility index (Phi) is 4.38. The molecule has 1 N–H and O–H groups in total. The number of fused-ring (bicyclic) bond motifs is 1. The Bertz CT molecular complexity index is 557. The molecule has 0 bridgehead atoms. The number of hydroxylamine groups is 1. The lowest BCUT2D eigenvalue weighted by molar-refractivity contribution is -0.139. The van der Waals surface area contributed by atoms with Crippen molar-refractivity contribution in [3.63, 3.8) is 0 Å². The summed E-state index contributed by atoms with van der Waals surface area (Å²) in [6.07, 6.45) is 8.35. The molecule has 0 radical (unpaired) electrons. The van der Waals surface area contributed by atoms with Crippen LogP contribution in [0.2, 0.25) is 0 Å². The first-order valence-corrected chi connectivity index (χ1v) is 7.85. The van der Waals surface area contributed by atoms with Crippen LogP contribution in [0.4, 0.5) is 0 Å². The van der Waals surface area contributed by atoms with E-state index >= 15 is 0 Å². The molecule has 1 aliphatic heterocycles. The molecule has 116 valence electrons. The normalized spacial score (nSPS) is 19.2. The Morgan fingerprint density at radius 1 is 1.24 bits per heavy atom. The molecule has 3 rings (SSSR count). The Balaban J connectivity index is 1.59. The van der Waals surface area contributed by atoms with E-state index < -0.39 is 0 Å². The third-order valence-corrected chi connectivity index (χ3v) is 4.22. The summed E-state index contributed by atoms with van der Waals surface area (Å²) in [6, 6.07) is 0. The summed E-state index contributed by atoms with van der Waals surface area (Å²) in [5.41, 5.74) is 2.25. The summed E-state index contributed by atoms with van der Waals surface area (Å²) in [5, 5.41) is 4.28. The van der Waals surface area contributed by atoms with Gasteiger partial charge >= 0.3 is 5.69 Å². The number of aryl methyl sites for hydroxylation is 1. The highest BCUT2D eigenvalue weighted by molar-refractivity contribution is 5.74. The topological polar surface area (TPSA) is 78.2 Å². The highest BCUT2D eigenvalue weighted by atomic mass is 16.7. The van der Waals surface area contributed by atoms with Crippen LogP contribution in [0, 0.1) is 0 Å². The van der Waals surface area contributed by atoms with Gasteiger partial charge in [-0.25, -0.2) is 15.0 Å². The molecule has 21 heavy (non-hydrogen) atoms. The molecule has 0 saturated heterocycles. The highest BCUT2D eigenvalue weighted by Gasteiger charge is 2.19. The van der Waals surface area contributed by atoms with E-state index in [2.05, 4.69) is 10.6 Å². The SMILES string of the molecule is O=C(Cn1nc2n(c1=O)CCCCC2)NOC1CCCC1. The van der Waals surface area contributed by atoms with Crippen LogP contribution >= 0.6 is 0 Å². The summed E-state index contributed by atoms with van der Waals surface area (Å²) in [5.74, 6) is 0.472. The molecule has 0 atom stereocenters. The summed E-state index contributed by atoms with van der Waals surface area (Å²) < 4.78 is 2.94. The van der Waals surface area contributed by atoms with Gasteiger partial charge in [0.25, 0.3) is 5.91 Å². The van der Waals surface area contributed by atoms with E-state index in [9.17, 15) is 9.59 Å². The number of hydrogen-bond acceptors (Lipinski definition) is 4. The zero-order chi connectivity index (χ0) is 14.7. The maximum atomic E-state index is 12.2. The molecule has 1 aromatic heterocycles. The van der Waals surface area contributed by atoms with Gasteiger partial charge in [0, 0.05) is 13.0 Å². The van der Waals surface area contributed by atoms with Crippen molar-refractivity contribution in [3.8, 4) is 0 Å². The van der Waals surface area contributed by atoms with Gasteiger partial charge in [-0.3, -0.25) is 14.2 Å². The van der Waals surface area contributed by atoms with Crippen LogP contribution in [0.1, 0.15) is 50.8 Å². The number of nitrogens with zero attached hydrogens (tertiary/aromatic N) is 3. The van der Waals surface area contributed by atoms with Crippen LogP contribution < -0.4 is 11.2 Å². The standard InChI is InChI=1S/C14H22N4O3/c19-13(16-21-11-6-3-4-7-11)10-18-14(20)17-9-5-1-2-8-12(17)15-18/h11H,1-10H2,(H,16,19). The number of amides is 1. The maximum absolute atomic E-state index is 12.2. The molecule has 1 aromatic rings. The largest absolute Gasteiger partial charge is 0.346 e. The number of aromatic nitrogens is 3. The van der Waals surface area contributed by atoms with Crippen molar-refractivity contribution in [3.05, 3.63) is 16.3 Å². The zero-order valence-electron chi connectivity index (χ0n) is 12.2. The van der Waals surface area contributed by atoms with E-state index in [1.54, 1.807) is 4.57 Å². The number of carbonyl (C=O) groups excluding carboxylic acids is 1. The number of nitrogens with one attached hydrogen (secondary N) is 1. The highest BCUT2D eigenvalue weighted by Crippen LogP contribution is 2.19. The minimum absolute atomic E-state index is 0.0778. The molecule has 0 aromatic carbocycles. The first-order chi connectivity index (χ1) is 10.2. The molecule has 7 heteroatoms. The average Bonchev–Trinajstić information content (AvgIpc) is 3.01. The van der Waals surface area contributed by atoms with Gasteiger partial charge in [-0.2, -0.15) is 5.10 Å². The Labute approximate surface area is 123 Å². The first kappa shape index (κ1) is 14.3. The van der Waals surface area contributed by atoms with Crippen LogP contribution in [-0.2, 0) is 29.1 Å². The zero-order valence-corrected chi connectivity index (χ0v) is 12.2. The van der Waals surface area contributed by atoms with E-state index in [1.807, 2.05) is 0 Å². The van der Waals surface area contributed by atoms with Crippen LogP contribution in [0.3, 0.4) is 0 Å². The van der Waals surface area contributed by atoms with E-state index in [4.69, 9.17) is 4.84 Å². The van der Waals surface area contributed by atoms with Crippen LogP contribution in [0.25, 0.3) is 0 Å². The van der Waals surface area contributed by atoms with Crippen molar-refractivity contribution in [2.75, 3.05) is 0 Å². The molecule has 0 unspecified atom stereocenters. The second kappa shape index (κ2) is 6.43. The summed E-state index contributed by atoms with van der Waals surface area (Å²) in [7, 11) is 0. The molecule has 1 amide bonds. The first-order valence-electron chi connectivity index (χ1n) is 7.85. The van der Waals surface area contributed by atoms with Gasteiger partial charge < -0.3 is 0 Å². The van der Waals surface area contributed by atoms with Crippen molar-refractivity contribution in [2.24, 2.45) is 0 Å². The monoisotopic (exact) mass is 294 g/mol. The molecule has 2 aliphatic rings. The van der Waals surface area contributed by atoms with Crippen molar-refractivity contribution in [2.45, 2.75) is 70.6 Å². The van der Waals surface area contributed by atoms with Gasteiger partial charge in [-0.15, -0.1) is 0 Å². The molecule has 2 heterocycles. The van der Waals surface area contributed by atoms with Gasteiger partial charge in [-0.05, 0) is 25.7 Å². The van der Waals surface area contributed by atoms with Crippen molar-refractivity contribution in [1.82, 2.24) is 19.8 Å². The van der Waals surface area contributed by atoms with Gasteiger partial charge in [-0.1, -0.05) is 19.3 Å². The molecule has 7 nitrogen and oxygen atoms in total. The molecular weight excluding hydrogens is 272 g/mol. The lowest BCUT2D eigenvalue weighted by Crippen LogP contribution is -2.35. The lowest BCUT2D eigenvalue weighted by Gasteiger charge is -2.10. The van der Waals surface area contributed by atoms with E-state index in [0.29, 0.717) is 6.54 Å². The smallest absolute Gasteiger partial charge is 0.279 e. The van der Waals surface area contributed by atoms with Gasteiger partial charge in [0.15, 0.2) is 0 Å². The van der Waals surface area contributed by atoms with Crippen LogP contribution in [-0.4, -0.2) is 26.4 Å². The summed E-state index contributed by atoms with van der Waals surface area (Å²) in [6.45, 7) is 0.625. The van der Waals surface area contributed by atoms with Gasteiger partial charge in [0.1, 0.15) is 12.4 Å². The Morgan fingerprint density at radius 3 is 2.86 bits per heavy atom. The number of hydrogen-bond donors (Lipinski definition) is 1. The van der Waals surface area contributed by atoms with Crippen LogP contribution in [0.15, 0.2) is 4.79 Å². The lowest BCUT2D eigenvalue weighted by atomic mass is 10.2. The van der Waals surface area contributed by atoms with Crippen molar-refractivity contribution < 1.29 is 9.63 Å². The molecule has 0 spiro atoms. The molecule has 1 fully saturated rings. The fourth-order valence-corrected chi connectivity index (χ4v) is 3.05. The van der Waals surface area contributed by atoms with Crippen LogP contribution in [0.5, 0.6) is 0 Å². The van der Waals surface area contributed by atoms with E-state index in [0.717, 1.165) is 57.2 Å². The average molecular weight is 294 g/mol. The molecular formula is C14H22N4O3. The van der Waals surface area contributed by atoms with Gasteiger partial charge in [0.2, 0.25) is 0 Å². The molecule has 1 saturated carbocycles. The summed E-state index contributed by atoms with van der Waals surface area (Å²) in [4.78, 5) is 29.4. The fraction of sp³-hybridized carbons (Fsp3) is 0.786. The predicted octanol–water partition coefficient (Wildman–Crippen LogP) is 0.762. The third-order valence-electron chi connectivity index (χ3n) is 4.22. The number of carbonyl (C=O) groups is 1. The minimum Gasteiger partial charge on any atom is -0.279 e.